The van der Waals surface area contributed by atoms with Gasteiger partial charge >= 0.3 is 0 Å². The average Bonchev–Trinajstić information content (AvgIpc) is 2.34. The largest absolute Gasteiger partial charge is 0.399 e. The van der Waals surface area contributed by atoms with E-state index in [4.69, 9.17) is 17.3 Å². The number of nitrogens with two attached hydrogens (primary N) is 1. The summed E-state index contributed by atoms with van der Waals surface area (Å²) in [6.07, 6.45) is 1.55. The number of nitrogens with zero attached hydrogens (tertiary/aromatic N) is 2. The van der Waals surface area contributed by atoms with Crippen molar-refractivity contribution < 1.29 is 4.39 Å². The molecule has 18 heavy (non-hydrogen) atoms. The van der Waals surface area contributed by atoms with E-state index in [1.807, 2.05) is 0 Å². The summed E-state index contributed by atoms with van der Waals surface area (Å²) in [7, 11) is 1.75. The van der Waals surface area contributed by atoms with Gasteiger partial charge in [0.15, 0.2) is 11.6 Å². The van der Waals surface area contributed by atoms with Crippen LogP contribution < -0.4 is 10.6 Å². The highest BCUT2D eigenvalue weighted by molar-refractivity contribution is 6.31. The van der Waals surface area contributed by atoms with Gasteiger partial charge < -0.3 is 10.6 Å². The van der Waals surface area contributed by atoms with Gasteiger partial charge in [-0.15, -0.1) is 0 Å². The average molecular weight is 266 g/mol. The molecule has 1 aromatic heterocycles. The molecule has 2 N–H and O–H groups in total. The van der Waals surface area contributed by atoms with Crippen molar-refractivity contribution in [1.82, 2.24) is 4.98 Å². The Balaban J connectivity index is 2.24. The monoisotopic (exact) mass is 265 g/mol. The molecule has 0 fully saturated rings. The van der Waals surface area contributed by atoms with Crippen LogP contribution in [-0.4, -0.2) is 12.0 Å². The minimum atomic E-state index is -0.361. The van der Waals surface area contributed by atoms with Crippen LogP contribution in [0.2, 0.25) is 5.02 Å². The third kappa shape index (κ3) is 2.71. The number of hydrogen-bond donors (Lipinski definition) is 1. The summed E-state index contributed by atoms with van der Waals surface area (Å²) in [5, 5.41) is 0.604. The quantitative estimate of drug-likeness (QED) is 0.867. The van der Waals surface area contributed by atoms with Crippen LogP contribution in [0.15, 0.2) is 36.5 Å². The molecule has 1 heterocycles. The summed E-state index contributed by atoms with van der Waals surface area (Å²) < 4.78 is 13.6. The molecule has 0 bridgehead atoms. The summed E-state index contributed by atoms with van der Waals surface area (Å²) in [6, 6.07) is 8.17. The first kappa shape index (κ1) is 12.6. The molecule has 0 radical (unpaired) electrons. The standard InChI is InChI=1S/C13H13ClFN3/c1-18(13-12(15)3-2-6-17-13)8-9-7-10(16)4-5-11(9)14/h2-7H,8,16H2,1H3. The van der Waals surface area contributed by atoms with Crippen molar-refractivity contribution in [2.75, 3.05) is 17.7 Å². The Morgan fingerprint density at radius 2 is 2.17 bits per heavy atom. The second kappa shape index (κ2) is 5.23. The zero-order valence-electron chi connectivity index (χ0n) is 9.90. The molecule has 5 heteroatoms. The molecule has 0 spiro atoms. The maximum Gasteiger partial charge on any atom is 0.165 e. The van der Waals surface area contributed by atoms with E-state index in [1.165, 1.54) is 6.07 Å². The van der Waals surface area contributed by atoms with Gasteiger partial charge in [0.2, 0.25) is 0 Å². The summed E-state index contributed by atoms with van der Waals surface area (Å²) in [5.74, 6) is -0.0731. The molecule has 0 unspecified atom stereocenters. The molecule has 94 valence electrons. The molecular weight excluding hydrogens is 253 g/mol. The Labute approximate surface area is 110 Å². The first-order valence-electron chi connectivity index (χ1n) is 5.43. The van der Waals surface area contributed by atoms with Crippen LogP contribution in [0.3, 0.4) is 0 Å². The lowest BCUT2D eigenvalue weighted by atomic mass is 10.2. The van der Waals surface area contributed by atoms with Crippen LogP contribution in [0.4, 0.5) is 15.9 Å². The zero-order chi connectivity index (χ0) is 13.1. The van der Waals surface area contributed by atoms with Crippen molar-refractivity contribution in [1.29, 1.82) is 0 Å². The lowest BCUT2D eigenvalue weighted by molar-refractivity contribution is 0.615. The predicted molar refractivity (Wildman–Crippen MR) is 72.2 cm³/mol. The lowest BCUT2D eigenvalue weighted by Gasteiger charge is -2.19. The molecule has 0 saturated carbocycles. The van der Waals surface area contributed by atoms with E-state index >= 15 is 0 Å². The van der Waals surface area contributed by atoms with Crippen LogP contribution in [-0.2, 0) is 6.54 Å². The molecule has 2 aromatic rings. The summed E-state index contributed by atoms with van der Waals surface area (Å²) in [6.45, 7) is 0.442. The second-order valence-electron chi connectivity index (χ2n) is 4.02. The zero-order valence-corrected chi connectivity index (χ0v) is 10.7. The van der Waals surface area contributed by atoms with Gasteiger partial charge in [0.05, 0.1) is 0 Å². The van der Waals surface area contributed by atoms with Crippen molar-refractivity contribution in [3.8, 4) is 0 Å². The van der Waals surface area contributed by atoms with Crippen molar-refractivity contribution in [2.24, 2.45) is 0 Å². The highest BCUT2D eigenvalue weighted by Crippen LogP contribution is 2.23. The van der Waals surface area contributed by atoms with Crippen molar-refractivity contribution in [3.63, 3.8) is 0 Å². The summed E-state index contributed by atoms with van der Waals surface area (Å²) in [5.41, 5.74) is 7.17. The van der Waals surface area contributed by atoms with E-state index in [0.717, 1.165) is 5.56 Å². The number of rotatable bonds is 3. The first-order chi connectivity index (χ1) is 8.58. The molecule has 3 nitrogen and oxygen atoms in total. The molecule has 0 amide bonds. The van der Waals surface area contributed by atoms with E-state index in [9.17, 15) is 4.39 Å². The molecular formula is C13H13ClFN3. The Hall–Kier alpha value is -1.81. The van der Waals surface area contributed by atoms with E-state index in [-0.39, 0.29) is 11.6 Å². The van der Waals surface area contributed by atoms with Crippen LogP contribution >= 0.6 is 11.6 Å². The Morgan fingerprint density at radius 3 is 2.89 bits per heavy atom. The number of pyridine rings is 1. The molecule has 0 atom stereocenters. The molecule has 0 aliphatic heterocycles. The maximum absolute atomic E-state index is 13.6. The highest BCUT2D eigenvalue weighted by Gasteiger charge is 2.10. The van der Waals surface area contributed by atoms with E-state index in [0.29, 0.717) is 17.3 Å². The molecule has 0 aliphatic carbocycles. The van der Waals surface area contributed by atoms with E-state index in [2.05, 4.69) is 4.98 Å². The highest BCUT2D eigenvalue weighted by atomic mass is 35.5. The van der Waals surface area contributed by atoms with Gasteiger partial charge in [-0.3, -0.25) is 0 Å². The van der Waals surface area contributed by atoms with Crippen molar-refractivity contribution in [3.05, 3.63) is 52.9 Å². The number of aromatic nitrogens is 1. The summed E-state index contributed by atoms with van der Waals surface area (Å²) in [4.78, 5) is 5.69. The fourth-order valence-electron chi connectivity index (χ4n) is 1.70. The normalized spacial score (nSPS) is 10.4. The van der Waals surface area contributed by atoms with Crippen LogP contribution in [0.5, 0.6) is 0 Å². The van der Waals surface area contributed by atoms with E-state index in [1.54, 1.807) is 42.4 Å². The summed E-state index contributed by atoms with van der Waals surface area (Å²) >= 11 is 6.07. The van der Waals surface area contributed by atoms with Gasteiger partial charge in [0.25, 0.3) is 0 Å². The first-order valence-corrected chi connectivity index (χ1v) is 5.81. The SMILES string of the molecule is CN(Cc1cc(N)ccc1Cl)c1ncccc1F. The van der Waals surface area contributed by atoms with Crippen LogP contribution in [0.1, 0.15) is 5.56 Å². The number of hydrogen-bond acceptors (Lipinski definition) is 3. The molecule has 0 aliphatic rings. The fraction of sp³-hybridized carbons (Fsp3) is 0.154. The van der Waals surface area contributed by atoms with Gasteiger partial charge in [-0.2, -0.15) is 0 Å². The van der Waals surface area contributed by atoms with Gasteiger partial charge in [0.1, 0.15) is 0 Å². The minimum absolute atomic E-state index is 0.288. The lowest BCUT2D eigenvalue weighted by Crippen LogP contribution is -2.19. The third-order valence-electron chi connectivity index (χ3n) is 2.58. The Morgan fingerprint density at radius 1 is 1.39 bits per heavy atom. The Kier molecular flexibility index (Phi) is 3.67. The molecule has 0 saturated heterocycles. The van der Waals surface area contributed by atoms with Gasteiger partial charge in [-0.25, -0.2) is 9.37 Å². The smallest absolute Gasteiger partial charge is 0.165 e. The number of benzene rings is 1. The second-order valence-corrected chi connectivity index (χ2v) is 4.42. The predicted octanol–water partition coefficient (Wildman–Crippen LogP) is 3.09. The van der Waals surface area contributed by atoms with Crippen molar-refractivity contribution >= 4 is 23.1 Å². The number of halogens is 2. The van der Waals surface area contributed by atoms with Crippen LogP contribution in [0.25, 0.3) is 0 Å². The molecule has 1 aromatic carbocycles. The van der Waals surface area contributed by atoms with Gasteiger partial charge in [0, 0.05) is 30.5 Å². The molecule has 2 rings (SSSR count). The van der Waals surface area contributed by atoms with E-state index < -0.39 is 0 Å². The number of nitrogen functional groups attached to an aromatic ring is 1. The Bertz CT molecular complexity index is 560. The third-order valence-corrected chi connectivity index (χ3v) is 2.95. The topological polar surface area (TPSA) is 42.1 Å². The maximum atomic E-state index is 13.6. The number of anilines is 2. The van der Waals surface area contributed by atoms with Gasteiger partial charge in [-0.1, -0.05) is 11.6 Å². The minimum Gasteiger partial charge on any atom is -0.399 e. The fourth-order valence-corrected chi connectivity index (χ4v) is 1.88. The van der Waals surface area contributed by atoms with Crippen molar-refractivity contribution in [2.45, 2.75) is 6.54 Å². The van der Waals surface area contributed by atoms with Crippen LogP contribution in [0, 0.1) is 5.82 Å². The van der Waals surface area contributed by atoms with Gasteiger partial charge in [-0.05, 0) is 35.9 Å².